The number of amides is 1. The molecule has 78 valence electrons. The summed E-state index contributed by atoms with van der Waals surface area (Å²) in [6.07, 6.45) is 4.19. The van der Waals surface area contributed by atoms with Crippen LogP contribution in [0.1, 0.15) is 23.7 Å². The predicted molar refractivity (Wildman–Crippen MR) is 58.5 cm³/mol. The normalized spacial score (nSPS) is 12.5. The van der Waals surface area contributed by atoms with E-state index in [2.05, 4.69) is 33.3 Å². The molecule has 0 aliphatic heterocycles. The molecule has 0 aliphatic rings. The van der Waals surface area contributed by atoms with Gasteiger partial charge in [0.15, 0.2) is 0 Å². The Morgan fingerprint density at radius 2 is 2.50 bits per heavy atom. The highest BCUT2D eigenvalue weighted by molar-refractivity contribution is 9.09. The summed E-state index contributed by atoms with van der Waals surface area (Å²) >= 11 is 3.42. The number of carbonyl (C=O) groups is 1. The number of aromatic nitrogens is 2. The van der Waals surface area contributed by atoms with E-state index in [0.717, 1.165) is 6.42 Å². The maximum absolute atomic E-state index is 11.5. The van der Waals surface area contributed by atoms with Crippen molar-refractivity contribution in [3.8, 4) is 0 Å². The number of alkyl halides is 1. The Hall–Kier alpha value is -0.840. The minimum atomic E-state index is -0.0637. The van der Waals surface area contributed by atoms with E-state index in [-0.39, 0.29) is 5.91 Å². The van der Waals surface area contributed by atoms with Gasteiger partial charge < -0.3 is 5.32 Å². The zero-order valence-corrected chi connectivity index (χ0v) is 9.91. The smallest absolute Gasteiger partial charge is 0.254 e. The Morgan fingerprint density at radius 1 is 1.79 bits per heavy atom. The van der Waals surface area contributed by atoms with Crippen molar-refractivity contribution in [2.75, 3.05) is 6.54 Å². The minimum Gasteiger partial charge on any atom is -0.352 e. The third-order valence-electron chi connectivity index (χ3n) is 1.79. The van der Waals surface area contributed by atoms with Gasteiger partial charge in [-0.1, -0.05) is 22.9 Å². The van der Waals surface area contributed by atoms with Crippen molar-refractivity contribution in [2.45, 2.75) is 18.2 Å². The molecular formula is C9H14BrN3O. The third-order valence-corrected chi connectivity index (χ3v) is 2.25. The lowest BCUT2D eigenvalue weighted by Gasteiger charge is -2.04. The Kier molecular flexibility index (Phi) is 4.13. The molecule has 1 aromatic heterocycles. The van der Waals surface area contributed by atoms with Crippen LogP contribution in [0.4, 0.5) is 0 Å². The number of hydrogen-bond acceptors (Lipinski definition) is 2. The minimum absolute atomic E-state index is 0.0637. The lowest BCUT2D eigenvalue weighted by molar-refractivity contribution is 0.0953. The third kappa shape index (κ3) is 3.49. The van der Waals surface area contributed by atoms with Crippen LogP contribution in [0.25, 0.3) is 0 Å². The Bertz CT molecular complexity index is 309. The zero-order chi connectivity index (χ0) is 10.6. The van der Waals surface area contributed by atoms with Crippen LogP contribution < -0.4 is 5.32 Å². The van der Waals surface area contributed by atoms with Gasteiger partial charge in [0.2, 0.25) is 0 Å². The molecule has 0 saturated carbocycles. The van der Waals surface area contributed by atoms with Crippen molar-refractivity contribution < 1.29 is 4.79 Å². The standard InChI is InChI=1S/C9H14BrN3O/c1-7(10)3-4-11-9(14)8-5-12-13(2)6-8/h5-7H,3-4H2,1-2H3,(H,11,14). The fourth-order valence-corrected chi connectivity index (χ4v) is 1.25. The van der Waals surface area contributed by atoms with Crippen LogP contribution in [0.3, 0.4) is 0 Å². The number of hydrogen-bond donors (Lipinski definition) is 1. The molecular weight excluding hydrogens is 246 g/mol. The van der Waals surface area contributed by atoms with Crippen molar-refractivity contribution in [1.82, 2.24) is 15.1 Å². The van der Waals surface area contributed by atoms with Gasteiger partial charge in [-0.3, -0.25) is 9.48 Å². The van der Waals surface area contributed by atoms with Crippen LogP contribution in [0, 0.1) is 0 Å². The molecule has 0 bridgehead atoms. The first-order chi connectivity index (χ1) is 6.59. The van der Waals surface area contributed by atoms with Crippen LogP contribution in [0.2, 0.25) is 0 Å². The second-order valence-electron chi connectivity index (χ2n) is 3.23. The molecule has 1 N–H and O–H groups in total. The summed E-state index contributed by atoms with van der Waals surface area (Å²) in [5.74, 6) is -0.0637. The lowest BCUT2D eigenvalue weighted by Crippen LogP contribution is -2.25. The highest BCUT2D eigenvalue weighted by atomic mass is 79.9. The summed E-state index contributed by atoms with van der Waals surface area (Å²) in [4.78, 5) is 11.9. The highest BCUT2D eigenvalue weighted by Crippen LogP contribution is 2.01. The Morgan fingerprint density at radius 3 is 3.00 bits per heavy atom. The topological polar surface area (TPSA) is 46.9 Å². The SMILES string of the molecule is CC(Br)CCNC(=O)c1cnn(C)c1. The van der Waals surface area contributed by atoms with Gasteiger partial charge in [-0.05, 0) is 6.42 Å². The van der Waals surface area contributed by atoms with Gasteiger partial charge in [0, 0.05) is 24.6 Å². The first kappa shape index (κ1) is 11.2. The average Bonchev–Trinajstić information content (AvgIpc) is 2.51. The van der Waals surface area contributed by atoms with E-state index in [1.165, 1.54) is 0 Å². The Balaban J connectivity index is 2.36. The van der Waals surface area contributed by atoms with Crippen LogP contribution in [-0.4, -0.2) is 27.1 Å². The van der Waals surface area contributed by atoms with E-state index in [1.807, 2.05) is 0 Å². The molecule has 0 fully saturated rings. The zero-order valence-electron chi connectivity index (χ0n) is 8.33. The molecule has 1 aromatic rings. The number of nitrogens with zero attached hydrogens (tertiary/aromatic N) is 2. The van der Waals surface area contributed by atoms with Gasteiger partial charge in [-0.2, -0.15) is 5.10 Å². The molecule has 1 heterocycles. The quantitative estimate of drug-likeness (QED) is 0.830. The summed E-state index contributed by atoms with van der Waals surface area (Å²) < 4.78 is 1.61. The molecule has 5 heteroatoms. The molecule has 0 spiro atoms. The summed E-state index contributed by atoms with van der Waals surface area (Å²) in [5, 5.41) is 6.75. The molecule has 0 aromatic carbocycles. The fourth-order valence-electron chi connectivity index (χ4n) is 1.03. The maximum Gasteiger partial charge on any atom is 0.254 e. The van der Waals surface area contributed by atoms with Crippen molar-refractivity contribution in [2.24, 2.45) is 7.05 Å². The highest BCUT2D eigenvalue weighted by Gasteiger charge is 2.06. The second kappa shape index (κ2) is 5.14. The van der Waals surface area contributed by atoms with E-state index in [0.29, 0.717) is 16.9 Å². The first-order valence-electron chi connectivity index (χ1n) is 4.50. The van der Waals surface area contributed by atoms with Crippen molar-refractivity contribution in [3.63, 3.8) is 0 Å². The molecule has 14 heavy (non-hydrogen) atoms. The maximum atomic E-state index is 11.5. The number of halogens is 1. The number of aryl methyl sites for hydroxylation is 1. The van der Waals surface area contributed by atoms with Gasteiger partial charge in [0.25, 0.3) is 5.91 Å². The van der Waals surface area contributed by atoms with E-state index in [9.17, 15) is 4.79 Å². The molecule has 1 amide bonds. The Labute approximate surface area is 91.8 Å². The molecule has 1 atom stereocenters. The lowest BCUT2D eigenvalue weighted by atomic mass is 10.3. The summed E-state index contributed by atoms with van der Waals surface area (Å²) in [7, 11) is 1.79. The van der Waals surface area contributed by atoms with Crippen molar-refractivity contribution in [3.05, 3.63) is 18.0 Å². The molecule has 0 radical (unpaired) electrons. The molecule has 4 nitrogen and oxygen atoms in total. The van der Waals surface area contributed by atoms with Gasteiger partial charge in [0.05, 0.1) is 11.8 Å². The van der Waals surface area contributed by atoms with Crippen LogP contribution in [0.5, 0.6) is 0 Å². The summed E-state index contributed by atoms with van der Waals surface area (Å²) in [6, 6.07) is 0. The van der Waals surface area contributed by atoms with Gasteiger partial charge >= 0.3 is 0 Å². The monoisotopic (exact) mass is 259 g/mol. The van der Waals surface area contributed by atoms with E-state index in [4.69, 9.17) is 0 Å². The van der Waals surface area contributed by atoms with Crippen LogP contribution in [-0.2, 0) is 7.05 Å². The van der Waals surface area contributed by atoms with E-state index in [1.54, 1.807) is 24.1 Å². The van der Waals surface area contributed by atoms with E-state index >= 15 is 0 Å². The van der Waals surface area contributed by atoms with Crippen molar-refractivity contribution >= 4 is 21.8 Å². The fraction of sp³-hybridized carbons (Fsp3) is 0.556. The van der Waals surface area contributed by atoms with Crippen LogP contribution in [0.15, 0.2) is 12.4 Å². The molecule has 0 aliphatic carbocycles. The van der Waals surface area contributed by atoms with Gasteiger partial charge in [-0.15, -0.1) is 0 Å². The number of nitrogens with one attached hydrogen (secondary N) is 1. The second-order valence-corrected chi connectivity index (χ2v) is 4.79. The van der Waals surface area contributed by atoms with E-state index < -0.39 is 0 Å². The van der Waals surface area contributed by atoms with Crippen molar-refractivity contribution in [1.29, 1.82) is 0 Å². The molecule has 1 rings (SSSR count). The average molecular weight is 260 g/mol. The first-order valence-corrected chi connectivity index (χ1v) is 5.42. The summed E-state index contributed by atoms with van der Waals surface area (Å²) in [5.41, 5.74) is 0.606. The largest absolute Gasteiger partial charge is 0.352 e. The van der Waals surface area contributed by atoms with Gasteiger partial charge in [0.1, 0.15) is 0 Å². The summed E-state index contributed by atoms with van der Waals surface area (Å²) in [6.45, 7) is 2.73. The van der Waals surface area contributed by atoms with Crippen LogP contribution >= 0.6 is 15.9 Å². The van der Waals surface area contributed by atoms with Gasteiger partial charge in [-0.25, -0.2) is 0 Å². The molecule has 0 saturated heterocycles. The number of rotatable bonds is 4. The number of carbonyl (C=O) groups excluding carboxylic acids is 1. The predicted octanol–water partition coefficient (Wildman–Crippen LogP) is 1.32. The molecule has 1 unspecified atom stereocenters.